The monoisotopic (exact) mass is 457 g/mol. The third-order valence-corrected chi connectivity index (χ3v) is 7.22. The smallest absolute Gasteiger partial charge is 0.243 e. The highest BCUT2D eigenvalue weighted by atomic mass is 35.5. The Morgan fingerprint density at radius 3 is 2.28 bits per heavy atom. The molecule has 1 saturated heterocycles. The van der Waals surface area contributed by atoms with Crippen LogP contribution in [0.25, 0.3) is 0 Å². The van der Waals surface area contributed by atoms with Crippen LogP contribution in [0, 0.1) is 11.7 Å². The SMILES string of the molecule is O=C(N/N=C\c1c(Cl)cccc1Cl)C1CCN(S(=O)(=O)c2ccc(F)cc2)CC1. The molecule has 0 radical (unpaired) electrons. The van der Waals surface area contributed by atoms with Crippen LogP contribution in [0.4, 0.5) is 4.39 Å². The van der Waals surface area contributed by atoms with E-state index in [0.717, 1.165) is 12.1 Å². The molecule has 2 aromatic rings. The molecule has 2 aromatic carbocycles. The van der Waals surface area contributed by atoms with Crippen molar-refractivity contribution >= 4 is 45.3 Å². The zero-order valence-corrected chi connectivity index (χ0v) is 17.5. The molecule has 1 amide bonds. The average molecular weight is 458 g/mol. The second-order valence-electron chi connectivity index (χ2n) is 6.50. The van der Waals surface area contributed by atoms with Crippen LogP contribution in [0.5, 0.6) is 0 Å². The van der Waals surface area contributed by atoms with Gasteiger partial charge in [-0.25, -0.2) is 18.2 Å². The largest absolute Gasteiger partial charge is 0.273 e. The number of piperidine rings is 1. The van der Waals surface area contributed by atoms with Crippen molar-refractivity contribution in [2.45, 2.75) is 17.7 Å². The van der Waals surface area contributed by atoms with E-state index >= 15 is 0 Å². The predicted octanol–water partition coefficient (Wildman–Crippen LogP) is 3.68. The Kier molecular flexibility index (Phi) is 6.89. The van der Waals surface area contributed by atoms with Gasteiger partial charge in [-0.05, 0) is 49.2 Å². The average Bonchev–Trinajstić information content (AvgIpc) is 2.70. The number of hydrazone groups is 1. The zero-order chi connectivity index (χ0) is 21.0. The minimum Gasteiger partial charge on any atom is -0.273 e. The number of hydrogen-bond donors (Lipinski definition) is 1. The van der Waals surface area contributed by atoms with Crippen LogP contribution < -0.4 is 5.43 Å². The number of halogens is 3. The maximum Gasteiger partial charge on any atom is 0.243 e. The molecule has 0 unspecified atom stereocenters. The number of rotatable bonds is 5. The molecule has 0 saturated carbocycles. The minimum absolute atomic E-state index is 0.0306. The second-order valence-corrected chi connectivity index (χ2v) is 9.25. The molecular formula is C19H18Cl2FN3O3S. The number of nitrogens with one attached hydrogen (secondary N) is 1. The molecule has 10 heteroatoms. The molecule has 0 aliphatic carbocycles. The molecule has 1 N–H and O–H groups in total. The summed E-state index contributed by atoms with van der Waals surface area (Å²) in [5, 5.41) is 4.72. The molecule has 0 spiro atoms. The van der Waals surface area contributed by atoms with Crippen LogP contribution in [0.3, 0.4) is 0 Å². The Bertz CT molecular complexity index is 1000. The lowest BCUT2D eigenvalue weighted by atomic mass is 9.98. The topological polar surface area (TPSA) is 78.8 Å². The molecule has 0 atom stereocenters. The molecule has 3 rings (SSSR count). The van der Waals surface area contributed by atoms with Crippen molar-refractivity contribution in [1.82, 2.24) is 9.73 Å². The van der Waals surface area contributed by atoms with Gasteiger partial charge in [0.2, 0.25) is 15.9 Å². The summed E-state index contributed by atoms with van der Waals surface area (Å²) in [5.74, 6) is -1.17. The summed E-state index contributed by atoms with van der Waals surface area (Å²) in [6.45, 7) is 0.385. The Morgan fingerprint density at radius 2 is 1.69 bits per heavy atom. The fourth-order valence-corrected chi connectivity index (χ4v) is 4.96. The van der Waals surface area contributed by atoms with E-state index in [-0.39, 0.29) is 29.8 Å². The van der Waals surface area contributed by atoms with E-state index in [1.165, 1.54) is 22.7 Å². The van der Waals surface area contributed by atoms with Gasteiger partial charge in [-0.2, -0.15) is 9.41 Å². The molecule has 1 aliphatic heterocycles. The van der Waals surface area contributed by atoms with Crippen molar-refractivity contribution in [3.05, 3.63) is 63.9 Å². The van der Waals surface area contributed by atoms with Crippen molar-refractivity contribution in [2.75, 3.05) is 13.1 Å². The summed E-state index contributed by atoms with van der Waals surface area (Å²) < 4.78 is 39.6. The summed E-state index contributed by atoms with van der Waals surface area (Å²) >= 11 is 12.1. The molecule has 1 aliphatic rings. The van der Waals surface area contributed by atoms with Gasteiger partial charge in [0.1, 0.15) is 5.82 Å². The minimum atomic E-state index is -3.71. The maximum atomic E-state index is 13.0. The van der Waals surface area contributed by atoms with Crippen LogP contribution in [0.15, 0.2) is 52.5 Å². The van der Waals surface area contributed by atoms with Crippen LogP contribution in [0.1, 0.15) is 18.4 Å². The summed E-state index contributed by atoms with van der Waals surface area (Å²) in [6.07, 6.45) is 2.08. The highest BCUT2D eigenvalue weighted by Gasteiger charge is 2.32. The Balaban J connectivity index is 1.57. The number of hydrogen-bond acceptors (Lipinski definition) is 4. The molecule has 1 heterocycles. The van der Waals surface area contributed by atoms with Gasteiger partial charge in [-0.1, -0.05) is 29.3 Å². The van der Waals surface area contributed by atoms with Gasteiger partial charge in [0.05, 0.1) is 21.2 Å². The van der Waals surface area contributed by atoms with Gasteiger partial charge in [0, 0.05) is 24.6 Å². The summed E-state index contributed by atoms with van der Waals surface area (Å²) in [4.78, 5) is 12.4. The van der Waals surface area contributed by atoms with E-state index in [1.54, 1.807) is 18.2 Å². The van der Waals surface area contributed by atoms with Crippen LogP contribution in [-0.2, 0) is 14.8 Å². The summed E-state index contributed by atoms with van der Waals surface area (Å²) in [6, 6.07) is 9.71. The van der Waals surface area contributed by atoms with Crippen LogP contribution >= 0.6 is 23.2 Å². The molecule has 0 bridgehead atoms. The Morgan fingerprint density at radius 1 is 1.10 bits per heavy atom. The van der Waals surface area contributed by atoms with Crippen molar-refractivity contribution in [2.24, 2.45) is 11.0 Å². The van der Waals surface area contributed by atoms with Crippen molar-refractivity contribution < 1.29 is 17.6 Å². The first-order valence-electron chi connectivity index (χ1n) is 8.81. The predicted molar refractivity (Wildman–Crippen MR) is 110 cm³/mol. The van der Waals surface area contributed by atoms with E-state index < -0.39 is 15.8 Å². The lowest BCUT2D eigenvalue weighted by molar-refractivity contribution is -0.126. The quantitative estimate of drug-likeness (QED) is 0.549. The van der Waals surface area contributed by atoms with Crippen LogP contribution in [0.2, 0.25) is 10.0 Å². The standard InChI is InChI=1S/C19H18Cl2FN3O3S/c20-17-2-1-3-18(21)16(17)12-23-24-19(26)13-8-10-25(11-9-13)29(27,28)15-6-4-14(22)5-7-15/h1-7,12-13H,8-11H2,(H,24,26)/b23-12-. The van der Waals surface area contributed by atoms with Gasteiger partial charge in [0.15, 0.2) is 0 Å². The first kappa shape index (κ1) is 21.7. The van der Waals surface area contributed by atoms with E-state index in [4.69, 9.17) is 23.2 Å². The summed E-state index contributed by atoms with van der Waals surface area (Å²) in [7, 11) is -3.71. The first-order chi connectivity index (χ1) is 13.8. The van der Waals surface area contributed by atoms with Crippen LogP contribution in [-0.4, -0.2) is 37.9 Å². The first-order valence-corrected chi connectivity index (χ1v) is 11.0. The van der Waals surface area contributed by atoms with E-state index in [2.05, 4.69) is 10.5 Å². The van der Waals surface area contributed by atoms with Crippen molar-refractivity contribution in [3.63, 3.8) is 0 Å². The van der Waals surface area contributed by atoms with Gasteiger partial charge in [-0.3, -0.25) is 4.79 Å². The van der Waals surface area contributed by atoms with E-state index in [1.807, 2.05) is 0 Å². The number of carbonyl (C=O) groups excluding carboxylic acids is 1. The molecular weight excluding hydrogens is 440 g/mol. The van der Waals surface area contributed by atoms with Gasteiger partial charge in [-0.15, -0.1) is 0 Å². The normalized spacial score (nSPS) is 16.2. The fraction of sp³-hybridized carbons (Fsp3) is 0.263. The lowest BCUT2D eigenvalue weighted by Crippen LogP contribution is -2.42. The molecule has 154 valence electrons. The van der Waals surface area contributed by atoms with Gasteiger partial charge in [0.25, 0.3) is 0 Å². The van der Waals surface area contributed by atoms with Crippen molar-refractivity contribution in [3.8, 4) is 0 Å². The number of sulfonamides is 1. The number of nitrogens with zero attached hydrogens (tertiary/aromatic N) is 2. The molecule has 0 aromatic heterocycles. The third kappa shape index (κ3) is 5.14. The van der Waals surface area contributed by atoms with Gasteiger partial charge >= 0.3 is 0 Å². The molecule has 1 fully saturated rings. The summed E-state index contributed by atoms with van der Waals surface area (Å²) in [5.41, 5.74) is 2.95. The lowest BCUT2D eigenvalue weighted by Gasteiger charge is -2.30. The zero-order valence-electron chi connectivity index (χ0n) is 15.2. The number of amides is 1. The van der Waals surface area contributed by atoms with E-state index in [0.29, 0.717) is 28.5 Å². The van der Waals surface area contributed by atoms with Crippen molar-refractivity contribution in [1.29, 1.82) is 0 Å². The second kappa shape index (κ2) is 9.21. The number of benzene rings is 2. The highest BCUT2D eigenvalue weighted by Crippen LogP contribution is 2.25. The van der Waals surface area contributed by atoms with E-state index in [9.17, 15) is 17.6 Å². The third-order valence-electron chi connectivity index (χ3n) is 4.64. The van der Waals surface area contributed by atoms with Gasteiger partial charge < -0.3 is 0 Å². The highest BCUT2D eigenvalue weighted by molar-refractivity contribution is 7.89. The molecule has 6 nitrogen and oxygen atoms in total. The number of carbonyl (C=O) groups is 1. The molecule has 29 heavy (non-hydrogen) atoms. The fourth-order valence-electron chi connectivity index (χ4n) is 3.00. The Labute approximate surface area is 178 Å². The Hall–Kier alpha value is -2.00. The maximum absolute atomic E-state index is 13.0.